The third kappa shape index (κ3) is 3.79. The molecule has 7 heteroatoms. The highest BCUT2D eigenvalue weighted by molar-refractivity contribution is 5.91. The van der Waals surface area contributed by atoms with Crippen molar-refractivity contribution in [1.29, 1.82) is 0 Å². The summed E-state index contributed by atoms with van der Waals surface area (Å²) >= 11 is 0. The summed E-state index contributed by atoms with van der Waals surface area (Å²) in [6.45, 7) is 3.54. The number of guanidine groups is 1. The zero-order chi connectivity index (χ0) is 16.8. The Morgan fingerprint density at radius 3 is 2.46 bits per heavy atom. The van der Waals surface area contributed by atoms with Gasteiger partial charge in [-0.2, -0.15) is 0 Å². The van der Waals surface area contributed by atoms with E-state index in [-0.39, 0.29) is 5.91 Å². The predicted octanol–water partition coefficient (Wildman–Crippen LogP) is 1.45. The lowest BCUT2D eigenvalue weighted by atomic mass is 10.3. The predicted molar refractivity (Wildman–Crippen MR) is 90.0 cm³/mol. The van der Waals surface area contributed by atoms with Crippen molar-refractivity contribution in [2.75, 3.05) is 39.8 Å². The normalized spacial score (nSPS) is 15.6. The summed E-state index contributed by atoms with van der Waals surface area (Å²) in [4.78, 5) is 20.6. The van der Waals surface area contributed by atoms with Gasteiger partial charge in [-0.05, 0) is 24.3 Å². The van der Waals surface area contributed by atoms with E-state index in [0.717, 1.165) is 37.8 Å². The molecule has 2 aromatic rings. The molecule has 0 bridgehead atoms. The molecule has 0 aliphatic carbocycles. The molecule has 3 rings (SSSR count). The number of piperazine rings is 1. The fraction of sp³-hybridized carbons (Fsp3) is 0.412. The van der Waals surface area contributed by atoms with Crippen LogP contribution < -0.4 is 5.32 Å². The highest BCUT2D eigenvalue weighted by Crippen LogP contribution is 2.09. The van der Waals surface area contributed by atoms with Crippen LogP contribution in [0.1, 0.15) is 16.3 Å². The van der Waals surface area contributed by atoms with Crippen molar-refractivity contribution in [1.82, 2.24) is 15.1 Å². The first-order valence-electron chi connectivity index (χ1n) is 8.08. The molecule has 0 unspecified atom stereocenters. The first-order chi connectivity index (χ1) is 11.8. The number of rotatable bonds is 4. The molecule has 24 heavy (non-hydrogen) atoms. The average Bonchev–Trinajstić information content (AvgIpc) is 3.32. The molecule has 0 radical (unpaired) electrons. The standard InChI is InChI=1S/C17H22N4O3/c1-18-17(19-7-6-14-4-2-12-23-14)21-10-8-20(9-11-21)16(22)15-5-3-13-24-15/h2-5,12-13H,6-11H2,1H3,(H,18,19). The van der Waals surface area contributed by atoms with Gasteiger partial charge in [0.05, 0.1) is 12.5 Å². The molecule has 0 atom stereocenters. The van der Waals surface area contributed by atoms with Crippen LogP contribution in [0.25, 0.3) is 0 Å². The molecule has 1 N–H and O–H groups in total. The van der Waals surface area contributed by atoms with Crippen LogP contribution in [0, 0.1) is 0 Å². The first-order valence-corrected chi connectivity index (χ1v) is 8.08. The Balaban J connectivity index is 1.46. The summed E-state index contributed by atoms with van der Waals surface area (Å²) in [6.07, 6.45) is 4.01. The lowest BCUT2D eigenvalue weighted by Gasteiger charge is -2.36. The molecule has 0 spiro atoms. The van der Waals surface area contributed by atoms with Crippen LogP contribution in [0.2, 0.25) is 0 Å². The molecule has 3 heterocycles. The van der Waals surface area contributed by atoms with Crippen molar-refractivity contribution in [3.63, 3.8) is 0 Å². The molecule has 1 fully saturated rings. The van der Waals surface area contributed by atoms with E-state index in [9.17, 15) is 4.79 Å². The van der Waals surface area contributed by atoms with Gasteiger partial charge in [0.15, 0.2) is 11.7 Å². The molecular weight excluding hydrogens is 308 g/mol. The van der Waals surface area contributed by atoms with Gasteiger partial charge in [0, 0.05) is 46.2 Å². The number of amides is 1. The van der Waals surface area contributed by atoms with Crippen LogP contribution in [-0.2, 0) is 6.42 Å². The fourth-order valence-electron chi connectivity index (χ4n) is 2.76. The molecular formula is C17H22N4O3. The van der Waals surface area contributed by atoms with Crippen molar-refractivity contribution in [2.24, 2.45) is 4.99 Å². The molecule has 1 saturated heterocycles. The van der Waals surface area contributed by atoms with Crippen molar-refractivity contribution in [3.8, 4) is 0 Å². The Morgan fingerprint density at radius 2 is 1.83 bits per heavy atom. The molecule has 1 amide bonds. The lowest BCUT2D eigenvalue weighted by molar-refractivity contribution is 0.0657. The molecule has 2 aromatic heterocycles. The summed E-state index contributed by atoms with van der Waals surface area (Å²) in [7, 11) is 1.77. The number of carbonyl (C=O) groups excluding carboxylic acids is 1. The summed E-state index contributed by atoms with van der Waals surface area (Å²) < 4.78 is 10.5. The topological polar surface area (TPSA) is 74.2 Å². The van der Waals surface area contributed by atoms with Crippen molar-refractivity contribution in [2.45, 2.75) is 6.42 Å². The third-order valence-electron chi connectivity index (χ3n) is 4.04. The largest absolute Gasteiger partial charge is 0.469 e. The van der Waals surface area contributed by atoms with Crippen LogP contribution >= 0.6 is 0 Å². The van der Waals surface area contributed by atoms with Crippen molar-refractivity contribution < 1.29 is 13.6 Å². The van der Waals surface area contributed by atoms with Crippen LogP contribution in [-0.4, -0.2) is 61.4 Å². The van der Waals surface area contributed by atoms with Crippen LogP contribution in [0.15, 0.2) is 50.6 Å². The summed E-state index contributed by atoms with van der Waals surface area (Å²) in [6, 6.07) is 7.28. The number of furan rings is 2. The van der Waals surface area contributed by atoms with E-state index in [4.69, 9.17) is 8.83 Å². The quantitative estimate of drug-likeness (QED) is 0.678. The summed E-state index contributed by atoms with van der Waals surface area (Å²) in [5, 5.41) is 3.34. The Morgan fingerprint density at radius 1 is 1.12 bits per heavy atom. The van der Waals surface area contributed by atoms with E-state index in [2.05, 4.69) is 15.2 Å². The van der Waals surface area contributed by atoms with Gasteiger partial charge in [0.2, 0.25) is 0 Å². The van der Waals surface area contributed by atoms with Crippen molar-refractivity contribution in [3.05, 3.63) is 48.3 Å². The van der Waals surface area contributed by atoms with Crippen LogP contribution in [0.5, 0.6) is 0 Å². The second-order valence-corrected chi connectivity index (χ2v) is 5.56. The first kappa shape index (κ1) is 16.2. The lowest BCUT2D eigenvalue weighted by Crippen LogP contribution is -2.53. The van der Waals surface area contributed by atoms with E-state index < -0.39 is 0 Å². The van der Waals surface area contributed by atoms with Crippen LogP contribution in [0.3, 0.4) is 0 Å². The minimum atomic E-state index is -0.0552. The zero-order valence-electron chi connectivity index (χ0n) is 13.8. The molecule has 7 nitrogen and oxygen atoms in total. The maximum Gasteiger partial charge on any atom is 0.289 e. The summed E-state index contributed by atoms with van der Waals surface area (Å²) in [5.41, 5.74) is 0. The van der Waals surface area contributed by atoms with E-state index in [0.29, 0.717) is 18.8 Å². The van der Waals surface area contributed by atoms with Gasteiger partial charge in [0.25, 0.3) is 5.91 Å². The number of carbonyl (C=O) groups is 1. The number of nitrogens with one attached hydrogen (secondary N) is 1. The second kappa shape index (κ2) is 7.72. The van der Waals surface area contributed by atoms with Crippen LogP contribution in [0.4, 0.5) is 0 Å². The van der Waals surface area contributed by atoms with Gasteiger partial charge in [-0.25, -0.2) is 0 Å². The van der Waals surface area contributed by atoms with Crippen molar-refractivity contribution >= 4 is 11.9 Å². The zero-order valence-corrected chi connectivity index (χ0v) is 13.8. The van der Waals surface area contributed by atoms with Gasteiger partial charge in [-0.15, -0.1) is 0 Å². The number of nitrogens with zero attached hydrogens (tertiary/aromatic N) is 3. The van der Waals surface area contributed by atoms with Gasteiger partial charge in [0.1, 0.15) is 5.76 Å². The Bertz CT molecular complexity index is 656. The average molecular weight is 330 g/mol. The van der Waals surface area contributed by atoms with Gasteiger partial charge in [-0.1, -0.05) is 0 Å². The molecule has 0 saturated carbocycles. The summed E-state index contributed by atoms with van der Waals surface area (Å²) in [5.74, 6) is 2.14. The second-order valence-electron chi connectivity index (χ2n) is 5.56. The monoisotopic (exact) mass is 330 g/mol. The number of hydrogen-bond acceptors (Lipinski definition) is 4. The minimum Gasteiger partial charge on any atom is -0.469 e. The Kier molecular flexibility index (Phi) is 5.20. The third-order valence-corrected chi connectivity index (χ3v) is 4.04. The van der Waals surface area contributed by atoms with Gasteiger partial charge in [-0.3, -0.25) is 9.79 Å². The highest BCUT2D eigenvalue weighted by Gasteiger charge is 2.24. The minimum absolute atomic E-state index is 0.0552. The van der Waals surface area contributed by atoms with Gasteiger partial charge < -0.3 is 24.0 Å². The fourth-order valence-corrected chi connectivity index (χ4v) is 2.76. The van der Waals surface area contributed by atoms with Gasteiger partial charge >= 0.3 is 0 Å². The van der Waals surface area contributed by atoms with E-state index >= 15 is 0 Å². The maximum absolute atomic E-state index is 12.3. The Labute approximate surface area is 140 Å². The SMILES string of the molecule is CN=C(NCCc1ccco1)N1CCN(C(=O)c2ccco2)CC1. The smallest absolute Gasteiger partial charge is 0.289 e. The molecule has 1 aliphatic heterocycles. The van der Waals surface area contributed by atoms with E-state index in [1.807, 2.05) is 17.0 Å². The maximum atomic E-state index is 12.3. The molecule has 128 valence electrons. The molecule has 0 aromatic carbocycles. The van der Waals surface area contributed by atoms with E-state index in [1.54, 1.807) is 25.4 Å². The molecule has 1 aliphatic rings. The Hall–Kier alpha value is -2.70. The number of aliphatic imine (C=N–C) groups is 1. The van der Waals surface area contributed by atoms with E-state index in [1.165, 1.54) is 6.26 Å². The highest BCUT2D eigenvalue weighted by atomic mass is 16.3. The number of hydrogen-bond donors (Lipinski definition) is 1.